The summed E-state index contributed by atoms with van der Waals surface area (Å²) < 4.78 is 7.69. The van der Waals surface area contributed by atoms with Crippen molar-refractivity contribution in [3.05, 3.63) is 18.0 Å². The predicted octanol–water partition coefficient (Wildman–Crippen LogP) is 2.62. The van der Waals surface area contributed by atoms with Gasteiger partial charge in [0.05, 0.1) is 17.7 Å². The van der Waals surface area contributed by atoms with Gasteiger partial charge < -0.3 is 9.84 Å². The van der Waals surface area contributed by atoms with Crippen LogP contribution in [0.3, 0.4) is 0 Å². The Balaban J connectivity index is 2.01. The molecule has 1 aliphatic rings. The zero-order valence-electron chi connectivity index (χ0n) is 12.2. The first-order valence-corrected chi connectivity index (χ1v) is 7.27. The third-order valence-electron chi connectivity index (χ3n) is 4.12. The maximum absolute atomic E-state index is 11.4. The van der Waals surface area contributed by atoms with E-state index in [9.17, 15) is 9.90 Å². The molecule has 0 amide bonds. The van der Waals surface area contributed by atoms with Gasteiger partial charge in [-0.05, 0) is 25.2 Å². The van der Waals surface area contributed by atoms with E-state index in [0.717, 1.165) is 19.3 Å². The smallest absolute Gasteiger partial charge is 0.341 e. The molecule has 6 heteroatoms. The van der Waals surface area contributed by atoms with Crippen LogP contribution in [0.5, 0.6) is 5.75 Å². The molecule has 1 saturated carbocycles. The fraction of sp³-hybridized carbons (Fsp3) is 0.533. The first-order chi connectivity index (χ1) is 10.1. The minimum atomic E-state index is -1.02. The molecule has 2 aromatic rings. The van der Waals surface area contributed by atoms with Crippen LogP contribution in [0, 0.1) is 5.92 Å². The average molecular weight is 289 g/mol. The third kappa shape index (κ3) is 2.57. The number of hydrogen-bond acceptors (Lipinski definition) is 4. The number of carboxylic acid groups (broad SMARTS) is 1. The van der Waals surface area contributed by atoms with Crippen molar-refractivity contribution in [1.29, 1.82) is 0 Å². The fourth-order valence-corrected chi connectivity index (χ4v) is 3.01. The number of carboxylic acids is 1. The van der Waals surface area contributed by atoms with E-state index in [2.05, 4.69) is 17.0 Å². The SMILES string of the molecule is CC1CCCC(Oc2c(C(=O)O)cnc3c2cnn3C)C1. The van der Waals surface area contributed by atoms with E-state index >= 15 is 0 Å². The Hall–Kier alpha value is -2.11. The van der Waals surface area contributed by atoms with Gasteiger partial charge in [0.2, 0.25) is 0 Å². The summed E-state index contributed by atoms with van der Waals surface area (Å²) in [4.78, 5) is 15.6. The largest absolute Gasteiger partial charge is 0.489 e. The molecule has 0 bridgehead atoms. The molecule has 2 aromatic heterocycles. The molecule has 1 N–H and O–H groups in total. The van der Waals surface area contributed by atoms with Crippen molar-refractivity contribution in [3.8, 4) is 5.75 Å². The van der Waals surface area contributed by atoms with E-state index in [4.69, 9.17) is 4.74 Å². The van der Waals surface area contributed by atoms with E-state index in [1.54, 1.807) is 17.9 Å². The Morgan fingerprint density at radius 3 is 2.95 bits per heavy atom. The fourth-order valence-electron chi connectivity index (χ4n) is 3.01. The maximum Gasteiger partial charge on any atom is 0.341 e. The molecule has 2 atom stereocenters. The molecule has 6 nitrogen and oxygen atoms in total. The highest BCUT2D eigenvalue weighted by Gasteiger charge is 2.25. The Morgan fingerprint density at radius 2 is 2.24 bits per heavy atom. The van der Waals surface area contributed by atoms with Crippen molar-refractivity contribution < 1.29 is 14.6 Å². The van der Waals surface area contributed by atoms with Crippen molar-refractivity contribution in [2.45, 2.75) is 38.7 Å². The number of aryl methyl sites for hydroxylation is 1. The number of ether oxygens (including phenoxy) is 1. The van der Waals surface area contributed by atoms with Gasteiger partial charge in [-0.2, -0.15) is 5.10 Å². The second-order valence-electron chi connectivity index (χ2n) is 5.82. The summed E-state index contributed by atoms with van der Waals surface area (Å²) in [5.74, 6) is -0.00457. The monoisotopic (exact) mass is 289 g/mol. The Bertz CT molecular complexity index is 680. The van der Waals surface area contributed by atoms with Crippen LogP contribution in [0.2, 0.25) is 0 Å². The lowest BCUT2D eigenvalue weighted by Gasteiger charge is -2.28. The van der Waals surface area contributed by atoms with Gasteiger partial charge in [0, 0.05) is 13.2 Å². The number of fused-ring (bicyclic) bond motifs is 1. The number of pyridine rings is 1. The maximum atomic E-state index is 11.4. The van der Waals surface area contributed by atoms with Gasteiger partial charge in [0.15, 0.2) is 5.65 Å². The Morgan fingerprint density at radius 1 is 1.43 bits per heavy atom. The summed E-state index contributed by atoms with van der Waals surface area (Å²) in [7, 11) is 1.78. The molecule has 1 aliphatic carbocycles. The molecule has 2 unspecified atom stereocenters. The topological polar surface area (TPSA) is 77.2 Å². The third-order valence-corrected chi connectivity index (χ3v) is 4.12. The zero-order valence-corrected chi connectivity index (χ0v) is 12.2. The van der Waals surface area contributed by atoms with E-state index in [-0.39, 0.29) is 11.7 Å². The van der Waals surface area contributed by atoms with Gasteiger partial charge in [-0.25, -0.2) is 9.78 Å². The lowest BCUT2D eigenvalue weighted by molar-refractivity contribution is 0.0683. The van der Waals surface area contributed by atoms with Crippen LogP contribution in [0.4, 0.5) is 0 Å². The first-order valence-electron chi connectivity index (χ1n) is 7.27. The van der Waals surface area contributed by atoms with Crippen LogP contribution in [0.1, 0.15) is 43.0 Å². The molecule has 0 saturated heterocycles. The molecule has 3 rings (SSSR count). The molecule has 0 aromatic carbocycles. The molecule has 0 aliphatic heterocycles. The van der Waals surface area contributed by atoms with Crippen LogP contribution >= 0.6 is 0 Å². The number of carbonyl (C=O) groups is 1. The summed E-state index contributed by atoms with van der Waals surface area (Å²) in [6.07, 6.45) is 7.30. The van der Waals surface area contributed by atoms with Crippen LogP contribution in [0.25, 0.3) is 11.0 Å². The van der Waals surface area contributed by atoms with E-state index < -0.39 is 5.97 Å². The average Bonchev–Trinajstić information content (AvgIpc) is 2.81. The van der Waals surface area contributed by atoms with E-state index in [1.165, 1.54) is 12.6 Å². The summed E-state index contributed by atoms with van der Waals surface area (Å²) in [5.41, 5.74) is 0.743. The molecule has 0 radical (unpaired) electrons. The van der Waals surface area contributed by atoms with Gasteiger partial charge in [-0.1, -0.05) is 13.3 Å². The zero-order chi connectivity index (χ0) is 15.0. The number of aromatic nitrogens is 3. The highest BCUT2D eigenvalue weighted by molar-refractivity contribution is 5.97. The summed E-state index contributed by atoms with van der Waals surface area (Å²) >= 11 is 0. The van der Waals surface area contributed by atoms with Crippen LogP contribution in [-0.4, -0.2) is 31.9 Å². The number of nitrogens with zero attached hydrogens (tertiary/aromatic N) is 3. The molecular formula is C15H19N3O3. The van der Waals surface area contributed by atoms with Gasteiger partial charge >= 0.3 is 5.97 Å². The lowest BCUT2D eigenvalue weighted by atomic mass is 9.88. The minimum absolute atomic E-state index is 0.0673. The molecule has 2 heterocycles. The lowest BCUT2D eigenvalue weighted by Crippen LogP contribution is -2.25. The minimum Gasteiger partial charge on any atom is -0.489 e. The molecule has 0 spiro atoms. The van der Waals surface area contributed by atoms with Crippen LogP contribution < -0.4 is 4.74 Å². The van der Waals surface area contributed by atoms with Crippen molar-refractivity contribution in [2.75, 3.05) is 0 Å². The first kappa shape index (κ1) is 13.9. The molecule has 1 fully saturated rings. The van der Waals surface area contributed by atoms with Crippen molar-refractivity contribution >= 4 is 17.0 Å². The van der Waals surface area contributed by atoms with Crippen molar-refractivity contribution in [1.82, 2.24) is 14.8 Å². The number of hydrogen-bond donors (Lipinski definition) is 1. The Kier molecular flexibility index (Phi) is 3.53. The quantitative estimate of drug-likeness (QED) is 0.939. The van der Waals surface area contributed by atoms with E-state index in [1.807, 2.05) is 0 Å². The highest BCUT2D eigenvalue weighted by Crippen LogP contribution is 2.33. The van der Waals surface area contributed by atoms with Gasteiger partial charge in [0.25, 0.3) is 0 Å². The Labute approximate surface area is 122 Å². The van der Waals surface area contributed by atoms with Crippen LogP contribution in [-0.2, 0) is 7.05 Å². The second-order valence-corrected chi connectivity index (χ2v) is 5.82. The molecule has 21 heavy (non-hydrogen) atoms. The summed E-state index contributed by atoms with van der Waals surface area (Å²) in [5, 5.41) is 14.2. The molecular weight excluding hydrogens is 270 g/mol. The van der Waals surface area contributed by atoms with Crippen molar-refractivity contribution in [2.24, 2.45) is 13.0 Å². The van der Waals surface area contributed by atoms with E-state index in [0.29, 0.717) is 22.7 Å². The van der Waals surface area contributed by atoms with Gasteiger partial charge in [-0.3, -0.25) is 4.68 Å². The van der Waals surface area contributed by atoms with Crippen molar-refractivity contribution in [3.63, 3.8) is 0 Å². The number of rotatable bonds is 3. The predicted molar refractivity (Wildman–Crippen MR) is 77.5 cm³/mol. The molecule has 112 valence electrons. The second kappa shape index (κ2) is 5.35. The van der Waals surface area contributed by atoms with Gasteiger partial charge in [0.1, 0.15) is 11.3 Å². The number of aromatic carboxylic acids is 1. The normalized spacial score (nSPS) is 22.4. The summed E-state index contributed by atoms with van der Waals surface area (Å²) in [6.45, 7) is 2.21. The van der Waals surface area contributed by atoms with Crippen LogP contribution in [0.15, 0.2) is 12.4 Å². The summed E-state index contributed by atoms with van der Waals surface area (Å²) in [6, 6.07) is 0. The highest BCUT2D eigenvalue weighted by atomic mass is 16.5. The standard InChI is InChI=1S/C15H19N3O3/c1-9-4-3-5-10(6-9)21-13-11-8-17-18(2)14(11)16-7-12(13)15(19)20/h7-10H,3-6H2,1-2H3,(H,19,20). The van der Waals surface area contributed by atoms with Gasteiger partial charge in [-0.15, -0.1) is 0 Å².